The van der Waals surface area contributed by atoms with E-state index in [0.29, 0.717) is 0 Å². The number of hydrogen-bond donors (Lipinski definition) is 1. The van der Waals surface area contributed by atoms with E-state index in [2.05, 4.69) is 5.32 Å². The van der Waals surface area contributed by atoms with Gasteiger partial charge in [-0.3, -0.25) is 19.8 Å². The van der Waals surface area contributed by atoms with Crippen molar-refractivity contribution in [3.8, 4) is 0 Å². The molecule has 0 saturated carbocycles. The van der Waals surface area contributed by atoms with Crippen LogP contribution in [-0.2, 0) is 9.59 Å². The summed E-state index contributed by atoms with van der Waals surface area (Å²) in [4.78, 5) is 25.9. The molecule has 9 heteroatoms. The number of anilines is 1. The molecule has 0 bridgehead atoms. The zero-order chi connectivity index (χ0) is 19.4. The van der Waals surface area contributed by atoms with Gasteiger partial charge >= 0.3 is 6.18 Å². The topological polar surface area (TPSA) is 49.4 Å². The van der Waals surface area contributed by atoms with Crippen LogP contribution in [0.15, 0.2) is 18.2 Å². The lowest BCUT2D eigenvalue weighted by Gasteiger charge is -2.46. The maximum atomic E-state index is 13.4. The van der Waals surface area contributed by atoms with Gasteiger partial charge in [0.15, 0.2) is 5.66 Å². The number of alkyl halides is 3. The van der Waals surface area contributed by atoms with E-state index in [1.165, 1.54) is 45.9 Å². The van der Waals surface area contributed by atoms with Crippen molar-refractivity contribution in [3.05, 3.63) is 28.2 Å². The first-order chi connectivity index (χ1) is 11.2. The van der Waals surface area contributed by atoms with Crippen LogP contribution < -0.4 is 10.2 Å². The predicted octanol–water partition coefficient (Wildman–Crippen LogP) is 4.19. The van der Waals surface area contributed by atoms with E-state index in [4.69, 9.17) is 23.2 Å². The molecule has 1 aromatic carbocycles. The summed E-state index contributed by atoms with van der Waals surface area (Å²) in [5, 5.41) is 2.84. The van der Waals surface area contributed by atoms with E-state index >= 15 is 0 Å². The molecule has 1 aliphatic heterocycles. The Morgan fingerprint density at radius 2 is 1.64 bits per heavy atom. The molecule has 2 rings (SSSR count). The third-order valence-electron chi connectivity index (χ3n) is 4.13. The van der Waals surface area contributed by atoms with Gasteiger partial charge in [-0.2, -0.15) is 13.2 Å². The fraction of sp³-hybridized carbons (Fsp3) is 0.500. The number of rotatable bonds is 2. The van der Waals surface area contributed by atoms with Crippen LogP contribution in [0.3, 0.4) is 0 Å². The number of halogens is 5. The van der Waals surface area contributed by atoms with E-state index in [1.54, 1.807) is 0 Å². The van der Waals surface area contributed by atoms with Gasteiger partial charge in [-0.25, -0.2) is 0 Å². The van der Waals surface area contributed by atoms with Crippen LogP contribution in [0.25, 0.3) is 0 Å². The number of carbonyl (C=O) groups excluding carboxylic acids is 2. The molecule has 138 valence electrons. The number of nitrogens with zero attached hydrogens (tertiary/aromatic N) is 1. The van der Waals surface area contributed by atoms with Gasteiger partial charge in [0.25, 0.3) is 5.78 Å². The quantitative estimate of drug-likeness (QED) is 0.814. The van der Waals surface area contributed by atoms with Crippen LogP contribution in [0.5, 0.6) is 0 Å². The molecule has 1 aromatic rings. The number of nitrogens with one attached hydrogen (secondary N) is 1. The molecule has 1 amide bonds. The molecule has 1 fully saturated rings. The Hall–Kier alpha value is -1.31. The second-order valence-electron chi connectivity index (χ2n) is 6.95. The van der Waals surface area contributed by atoms with Crippen molar-refractivity contribution in [3.63, 3.8) is 0 Å². The zero-order valence-electron chi connectivity index (χ0n) is 14.0. The first-order valence-corrected chi connectivity index (χ1v) is 8.17. The Kier molecular flexibility index (Phi) is 4.92. The molecule has 1 saturated heterocycles. The first kappa shape index (κ1) is 20.0. The van der Waals surface area contributed by atoms with Gasteiger partial charge in [-0.05, 0) is 25.1 Å². The molecular formula is C16H17Cl2F3N2O2. The smallest absolute Gasteiger partial charge is 0.285 e. The summed E-state index contributed by atoms with van der Waals surface area (Å²) in [6, 6.07) is 2.99. The first-order valence-electron chi connectivity index (χ1n) is 7.41. The molecule has 0 aromatic heterocycles. The molecule has 1 heterocycles. The van der Waals surface area contributed by atoms with Crippen LogP contribution in [0.1, 0.15) is 27.7 Å². The van der Waals surface area contributed by atoms with Crippen molar-refractivity contribution in [2.24, 2.45) is 5.41 Å². The highest BCUT2D eigenvalue weighted by Gasteiger charge is 2.67. The second-order valence-corrected chi connectivity index (χ2v) is 7.83. The average molecular weight is 397 g/mol. The van der Waals surface area contributed by atoms with Crippen LogP contribution in [0.2, 0.25) is 10.0 Å². The molecule has 0 unspecified atom stereocenters. The molecule has 0 spiro atoms. The molecule has 4 nitrogen and oxygen atoms in total. The van der Waals surface area contributed by atoms with Gasteiger partial charge in [0.1, 0.15) is 0 Å². The molecule has 2 atom stereocenters. The molecule has 1 aliphatic rings. The maximum absolute atomic E-state index is 13.4. The normalized spacial score (nSPS) is 24.8. The summed E-state index contributed by atoms with van der Waals surface area (Å²) in [5.74, 6) is -2.73. The minimum atomic E-state index is -5.15. The molecular weight excluding hydrogens is 380 g/mol. The van der Waals surface area contributed by atoms with Crippen molar-refractivity contribution in [1.82, 2.24) is 5.32 Å². The van der Waals surface area contributed by atoms with Gasteiger partial charge in [-0.1, -0.05) is 44.0 Å². The van der Waals surface area contributed by atoms with E-state index in [9.17, 15) is 22.8 Å². The highest BCUT2D eigenvalue weighted by atomic mass is 35.5. The largest absolute Gasteiger partial charge is 0.454 e. The summed E-state index contributed by atoms with van der Waals surface area (Å²) in [6.45, 7) is 5.76. The highest BCUT2D eigenvalue weighted by Crippen LogP contribution is 2.45. The Bertz CT molecular complexity index is 711. The van der Waals surface area contributed by atoms with Crippen LogP contribution in [0, 0.1) is 5.41 Å². The lowest BCUT2D eigenvalue weighted by atomic mass is 9.76. The summed E-state index contributed by atoms with van der Waals surface area (Å²) >= 11 is 11.9. The lowest BCUT2D eigenvalue weighted by molar-refractivity contribution is -0.182. The summed E-state index contributed by atoms with van der Waals surface area (Å²) in [7, 11) is 0. The minimum absolute atomic E-state index is 0.0203. The summed E-state index contributed by atoms with van der Waals surface area (Å²) in [6.07, 6.45) is -5.15. The molecule has 0 aliphatic carbocycles. The number of Topliss-reactive ketones (excluding diaryl/α,β-unsaturated/α-hetero) is 1. The third-order valence-corrected chi connectivity index (χ3v) is 4.57. The number of amides is 1. The number of carbonyl (C=O) groups is 2. The number of hydrogen-bond acceptors (Lipinski definition) is 3. The van der Waals surface area contributed by atoms with E-state index in [-0.39, 0.29) is 15.7 Å². The second kappa shape index (κ2) is 6.14. The molecule has 1 N–H and O–H groups in total. The zero-order valence-corrected chi connectivity index (χ0v) is 15.5. The number of ketones is 1. The van der Waals surface area contributed by atoms with Gasteiger partial charge in [0.05, 0.1) is 6.04 Å². The third kappa shape index (κ3) is 3.25. The monoisotopic (exact) mass is 396 g/mol. The maximum Gasteiger partial charge on any atom is 0.454 e. The van der Waals surface area contributed by atoms with Crippen molar-refractivity contribution in [2.45, 2.75) is 45.6 Å². The van der Waals surface area contributed by atoms with Crippen LogP contribution in [-0.4, -0.2) is 29.6 Å². The van der Waals surface area contributed by atoms with Crippen LogP contribution >= 0.6 is 23.2 Å². The van der Waals surface area contributed by atoms with Crippen LogP contribution in [0.4, 0.5) is 18.9 Å². The standard InChI is InChI=1S/C16H17Cl2F3N2O2/c1-8-12(24)23(11-6-9(17)5-10(18)7-11)15(22-8,14(2,3)4)13(25)16(19,20)21/h5-8,22H,1-4H3/t8-,15+/m1/s1. The van der Waals surface area contributed by atoms with E-state index in [0.717, 1.165) is 4.90 Å². The lowest BCUT2D eigenvalue weighted by Crippen LogP contribution is -2.69. The van der Waals surface area contributed by atoms with Crippen molar-refractivity contribution in [1.29, 1.82) is 0 Å². The highest BCUT2D eigenvalue weighted by molar-refractivity contribution is 6.35. The Morgan fingerprint density at radius 1 is 1.16 bits per heavy atom. The Balaban J connectivity index is 2.80. The van der Waals surface area contributed by atoms with Gasteiger partial charge in [-0.15, -0.1) is 0 Å². The van der Waals surface area contributed by atoms with Crippen molar-refractivity contribution >= 4 is 40.6 Å². The van der Waals surface area contributed by atoms with Gasteiger partial charge in [0.2, 0.25) is 5.91 Å². The van der Waals surface area contributed by atoms with Gasteiger partial charge < -0.3 is 0 Å². The van der Waals surface area contributed by atoms with E-state index < -0.39 is 35.0 Å². The molecule has 0 radical (unpaired) electrons. The minimum Gasteiger partial charge on any atom is -0.285 e. The molecule has 25 heavy (non-hydrogen) atoms. The van der Waals surface area contributed by atoms with Crippen molar-refractivity contribution in [2.75, 3.05) is 4.90 Å². The van der Waals surface area contributed by atoms with Gasteiger partial charge in [0, 0.05) is 21.1 Å². The fourth-order valence-electron chi connectivity index (χ4n) is 3.05. The summed E-state index contributed by atoms with van der Waals surface area (Å²) in [5.41, 5.74) is -3.59. The SMILES string of the molecule is C[C@H]1N[C@](C(=O)C(F)(F)F)(C(C)(C)C)N(c2cc(Cl)cc(Cl)c2)C1=O. The summed E-state index contributed by atoms with van der Waals surface area (Å²) < 4.78 is 40.2. The Morgan fingerprint density at radius 3 is 2.04 bits per heavy atom. The predicted molar refractivity (Wildman–Crippen MR) is 89.8 cm³/mol. The van der Waals surface area contributed by atoms with Crippen molar-refractivity contribution < 1.29 is 22.8 Å². The average Bonchev–Trinajstić information content (AvgIpc) is 2.68. The fourth-order valence-corrected chi connectivity index (χ4v) is 3.57. The van der Waals surface area contributed by atoms with E-state index in [1.807, 2.05) is 0 Å². The Labute approximate surface area is 153 Å². The number of benzene rings is 1.